The Morgan fingerprint density at radius 1 is 1.36 bits per heavy atom. The predicted octanol–water partition coefficient (Wildman–Crippen LogP) is 3.14. The molecule has 1 aromatic carbocycles. The summed E-state index contributed by atoms with van der Waals surface area (Å²) >= 11 is 0. The molecule has 5 nitrogen and oxygen atoms in total. The van der Waals surface area contributed by atoms with Crippen LogP contribution in [0, 0.1) is 5.82 Å². The van der Waals surface area contributed by atoms with Crippen molar-refractivity contribution >= 4 is 11.5 Å². The summed E-state index contributed by atoms with van der Waals surface area (Å²) in [6, 6.07) is 5.69. The Hall–Kier alpha value is -2.61. The minimum absolute atomic E-state index is 0.100. The van der Waals surface area contributed by atoms with Crippen LogP contribution < -0.4 is 4.90 Å². The van der Waals surface area contributed by atoms with Gasteiger partial charge in [0.2, 0.25) is 0 Å². The lowest BCUT2D eigenvalue weighted by molar-refractivity contribution is 0.151. The van der Waals surface area contributed by atoms with Gasteiger partial charge in [-0.3, -0.25) is 0 Å². The van der Waals surface area contributed by atoms with Gasteiger partial charge in [0.25, 0.3) is 6.43 Å². The molecule has 0 atom stereocenters. The van der Waals surface area contributed by atoms with Crippen LogP contribution in [0.4, 0.5) is 19.0 Å². The molecule has 0 unspecified atom stereocenters. The van der Waals surface area contributed by atoms with E-state index < -0.39 is 18.8 Å². The highest BCUT2D eigenvalue weighted by Crippen LogP contribution is 2.34. The third kappa shape index (κ3) is 3.30. The van der Waals surface area contributed by atoms with Gasteiger partial charge in [-0.2, -0.15) is 0 Å². The maximum atomic E-state index is 14.3. The standard InChI is InChI=1S/C17H16F3N3O2/c1-25-22-12-7-23(8-12)17-14(16(19)20)5-11(6-21-17)13-4-2-3-10(9-24)15(13)18/h2-6,16,24H,7-9H2,1H3. The molecule has 1 aromatic heterocycles. The summed E-state index contributed by atoms with van der Waals surface area (Å²) in [6.45, 7) is 0.241. The van der Waals surface area contributed by atoms with E-state index in [1.165, 1.54) is 31.5 Å². The molecule has 0 radical (unpaired) electrons. The number of benzene rings is 1. The quantitative estimate of drug-likeness (QED) is 0.841. The zero-order valence-electron chi connectivity index (χ0n) is 13.4. The molecule has 132 valence electrons. The van der Waals surface area contributed by atoms with Crippen molar-refractivity contribution in [3.05, 3.63) is 47.4 Å². The number of oxime groups is 1. The molecule has 1 aliphatic heterocycles. The van der Waals surface area contributed by atoms with Crippen molar-refractivity contribution in [3.8, 4) is 11.1 Å². The van der Waals surface area contributed by atoms with E-state index in [0.717, 1.165) is 5.71 Å². The molecule has 1 N–H and O–H groups in total. The van der Waals surface area contributed by atoms with E-state index in [0.29, 0.717) is 13.1 Å². The smallest absolute Gasteiger partial charge is 0.267 e. The van der Waals surface area contributed by atoms with E-state index in [2.05, 4.69) is 15.0 Å². The molecule has 1 saturated heterocycles. The van der Waals surface area contributed by atoms with Gasteiger partial charge in [0.1, 0.15) is 18.7 Å². The van der Waals surface area contributed by atoms with Crippen LogP contribution in [0.2, 0.25) is 0 Å². The van der Waals surface area contributed by atoms with E-state index >= 15 is 0 Å². The molecular formula is C17H16F3N3O2. The Kier molecular flexibility index (Phi) is 4.89. The van der Waals surface area contributed by atoms with Crippen molar-refractivity contribution in [1.29, 1.82) is 0 Å². The molecule has 8 heteroatoms. The van der Waals surface area contributed by atoms with E-state index in [-0.39, 0.29) is 28.1 Å². The van der Waals surface area contributed by atoms with Crippen LogP contribution in [0.3, 0.4) is 0 Å². The second kappa shape index (κ2) is 7.10. The lowest BCUT2D eigenvalue weighted by Gasteiger charge is -2.34. The van der Waals surface area contributed by atoms with Crippen LogP contribution in [-0.4, -0.2) is 36.0 Å². The minimum atomic E-state index is -2.75. The van der Waals surface area contributed by atoms with E-state index in [1.54, 1.807) is 11.0 Å². The number of halogens is 3. The van der Waals surface area contributed by atoms with Crippen LogP contribution in [0.15, 0.2) is 35.6 Å². The summed E-state index contributed by atoms with van der Waals surface area (Å²) in [6.07, 6.45) is -1.40. The Balaban J connectivity index is 1.97. The SMILES string of the molecule is CON=C1CN(c2ncc(-c3cccc(CO)c3F)cc2C(F)F)C1. The number of aliphatic hydroxyl groups excluding tert-OH is 1. The number of alkyl halides is 2. The van der Waals surface area contributed by atoms with Crippen molar-refractivity contribution in [1.82, 2.24) is 4.98 Å². The second-order valence-corrected chi connectivity index (χ2v) is 5.57. The Bertz CT molecular complexity index is 804. The zero-order chi connectivity index (χ0) is 18.0. The first-order valence-electron chi connectivity index (χ1n) is 7.55. The van der Waals surface area contributed by atoms with Gasteiger partial charge in [0.15, 0.2) is 0 Å². The van der Waals surface area contributed by atoms with E-state index in [1.807, 2.05) is 0 Å². The fourth-order valence-electron chi connectivity index (χ4n) is 2.70. The largest absolute Gasteiger partial charge is 0.399 e. The number of nitrogens with zero attached hydrogens (tertiary/aromatic N) is 3. The number of anilines is 1. The van der Waals surface area contributed by atoms with Gasteiger partial charge in [-0.25, -0.2) is 18.2 Å². The number of aliphatic hydroxyl groups is 1. The number of pyridine rings is 1. The predicted molar refractivity (Wildman–Crippen MR) is 87.2 cm³/mol. The van der Waals surface area contributed by atoms with Crippen molar-refractivity contribution in [2.45, 2.75) is 13.0 Å². The number of rotatable bonds is 5. The maximum Gasteiger partial charge on any atom is 0.267 e. The molecule has 1 fully saturated rings. The zero-order valence-corrected chi connectivity index (χ0v) is 13.4. The third-order valence-electron chi connectivity index (χ3n) is 3.96. The van der Waals surface area contributed by atoms with Crippen LogP contribution in [-0.2, 0) is 11.4 Å². The van der Waals surface area contributed by atoms with Crippen LogP contribution >= 0.6 is 0 Å². The van der Waals surface area contributed by atoms with Gasteiger partial charge >= 0.3 is 0 Å². The van der Waals surface area contributed by atoms with E-state index in [4.69, 9.17) is 5.11 Å². The first kappa shape index (κ1) is 17.2. The second-order valence-electron chi connectivity index (χ2n) is 5.57. The van der Waals surface area contributed by atoms with Crippen molar-refractivity contribution in [2.24, 2.45) is 5.16 Å². The Morgan fingerprint density at radius 3 is 2.76 bits per heavy atom. The normalized spacial score (nSPS) is 13.8. The molecule has 3 rings (SSSR count). The average Bonchev–Trinajstić information content (AvgIpc) is 2.57. The van der Waals surface area contributed by atoms with E-state index in [9.17, 15) is 13.2 Å². The first-order chi connectivity index (χ1) is 12.0. The van der Waals surface area contributed by atoms with Gasteiger partial charge in [-0.05, 0) is 6.07 Å². The van der Waals surface area contributed by atoms with Gasteiger partial charge in [0.05, 0.1) is 31.0 Å². The van der Waals surface area contributed by atoms with Gasteiger partial charge in [-0.15, -0.1) is 0 Å². The maximum absolute atomic E-state index is 14.3. The third-order valence-corrected chi connectivity index (χ3v) is 3.96. The number of aromatic nitrogens is 1. The topological polar surface area (TPSA) is 58.0 Å². The number of hydrogen-bond donors (Lipinski definition) is 1. The van der Waals surface area contributed by atoms with Crippen molar-refractivity contribution in [3.63, 3.8) is 0 Å². The molecule has 0 amide bonds. The van der Waals surface area contributed by atoms with Gasteiger partial charge in [-0.1, -0.05) is 23.4 Å². The average molecular weight is 351 g/mol. The molecule has 0 saturated carbocycles. The molecule has 0 spiro atoms. The highest BCUT2D eigenvalue weighted by molar-refractivity contribution is 5.99. The number of hydrogen-bond acceptors (Lipinski definition) is 5. The summed E-state index contributed by atoms with van der Waals surface area (Å²) in [5, 5.41) is 12.9. The van der Waals surface area contributed by atoms with Crippen LogP contribution in [0.5, 0.6) is 0 Å². The Labute approximate surface area is 142 Å². The van der Waals surface area contributed by atoms with Crippen LogP contribution in [0.25, 0.3) is 11.1 Å². The minimum Gasteiger partial charge on any atom is -0.399 e. The first-order valence-corrected chi connectivity index (χ1v) is 7.55. The fourth-order valence-corrected chi connectivity index (χ4v) is 2.70. The summed E-state index contributed by atoms with van der Waals surface area (Å²) < 4.78 is 41.3. The molecule has 0 aliphatic carbocycles. The van der Waals surface area contributed by atoms with Gasteiger partial charge < -0.3 is 14.8 Å². The summed E-state index contributed by atoms with van der Waals surface area (Å²) in [5.74, 6) is -0.495. The summed E-state index contributed by atoms with van der Waals surface area (Å²) in [4.78, 5) is 10.4. The van der Waals surface area contributed by atoms with Gasteiger partial charge in [0, 0.05) is 22.9 Å². The lowest BCUT2D eigenvalue weighted by atomic mass is 10.0. The molecule has 0 bridgehead atoms. The van der Waals surface area contributed by atoms with Crippen molar-refractivity contribution < 1.29 is 23.1 Å². The lowest BCUT2D eigenvalue weighted by Crippen LogP contribution is -2.48. The fraction of sp³-hybridized carbons (Fsp3) is 0.294. The summed E-state index contributed by atoms with van der Waals surface area (Å²) in [7, 11) is 1.42. The molecule has 2 heterocycles. The molecule has 1 aliphatic rings. The van der Waals surface area contributed by atoms with Crippen LogP contribution in [0.1, 0.15) is 17.6 Å². The molecular weight excluding hydrogens is 335 g/mol. The highest BCUT2D eigenvalue weighted by atomic mass is 19.3. The Morgan fingerprint density at radius 2 is 2.12 bits per heavy atom. The monoisotopic (exact) mass is 351 g/mol. The molecule has 25 heavy (non-hydrogen) atoms. The highest BCUT2D eigenvalue weighted by Gasteiger charge is 2.29. The molecule has 2 aromatic rings. The summed E-state index contributed by atoms with van der Waals surface area (Å²) in [5.41, 5.74) is 0.914. The van der Waals surface area contributed by atoms with Crippen molar-refractivity contribution in [2.75, 3.05) is 25.1 Å².